The van der Waals surface area contributed by atoms with Crippen molar-refractivity contribution < 1.29 is 4.79 Å². The molecule has 0 saturated carbocycles. The van der Waals surface area contributed by atoms with Crippen molar-refractivity contribution in [2.75, 3.05) is 25.9 Å². The van der Waals surface area contributed by atoms with Crippen LogP contribution in [0.4, 0.5) is 0 Å². The highest BCUT2D eigenvalue weighted by Crippen LogP contribution is 2.22. The highest BCUT2D eigenvalue weighted by Gasteiger charge is 2.21. The van der Waals surface area contributed by atoms with Crippen LogP contribution in [0.5, 0.6) is 0 Å². The number of likely N-dealkylation sites (tertiary alicyclic amines) is 1. The first kappa shape index (κ1) is 16.4. The molecule has 3 nitrogen and oxygen atoms in total. The lowest BCUT2D eigenvalue weighted by atomic mass is 10.1. The van der Waals surface area contributed by atoms with Crippen LogP contribution in [-0.4, -0.2) is 42.7 Å². The lowest BCUT2D eigenvalue weighted by molar-refractivity contribution is -0.131. The second-order valence-electron chi connectivity index (χ2n) is 5.79. The summed E-state index contributed by atoms with van der Waals surface area (Å²) in [4.78, 5) is 15.5. The molecule has 1 fully saturated rings. The summed E-state index contributed by atoms with van der Waals surface area (Å²) in [6.07, 6.45) is 2.79. The second-order valence-corrected chi connectivity index (χ2v) is 6.96. The Bertz CT molecular complexity index is 482. The zero-order chi connectivity index (χ0) is 15.2. The Balaban J connectivity index is 1.73. The number of nitrogens with zero attached hydrogens (tertiary/aromatic N) is 1. The summed E-state index contributed by atoms with van der Waals surface area (Å²) in [6.45, 7) is 6.07. The van der Waals surface area contributed by atoms with E-state index in [-0.39, 0.29) is 0 Å². The van der Waals surface area contributed by atoms with Gasteiger partial charge in [-0.3, -0.25) is 4.79 Å². The van der Waals surface area contributed by atoms with E-state index in [1.165, 1.54) is 16.0 Å². The van der Waals surface area contributed by atoms with Gasteiger partial charge in [0.25, 0.3) is 0 Å². The third-order valence-corrected chi connectivity index (χ3v) is 5.31. The molecule has 1 aromatic carbocycles. The first-order chi connectivity index (χ1) is 10.1. The van der Waals surface area contributed by atoms with E-state index in [1.54, 1.807) is 11.8 Å². The Labute approximate surface area is 132 Å². The molecule has 0 aromatic heterocycles. The van der Waals surface area contributed by atoms with Crippen LogP contribution < -0.4 is 5.32 Å². The predicted octanol–water partition coefficient (Wildman–Crippen LogP) is 3.00. The van der Waals surface area contributed by atoms with Crippen LogP contribution in [0, 0.1) is 13.8 Å². The number of nitrogens with one attached hydrogen (secondary N) is 1. The Kier molecular flexibility index (Phi) is 6.12. The van der Waals surface area contributed by atoms with Crippen LogP contribution in [0.15, 0.2) is 23.1 Å². The van der Waals surface area contributed by atoms with Crippen molar-refractivity contribution in [3.05, 3.63) is 29.3 Å². The van der Waals surface area contributed by atoms with Crippen molar-refractivity contribution in [1.29, 1.82) is 0 Å². The van der Waals surface area contributed by atoms with Crippen LogP contribution in [0.25, 0.3) is 0 Å². The number of rotatable bonds is 5. The number of hydrogen-bond donors (Lipinski definition) is 1. The highest BCUT2D eigenvalue weighted by molar-refractivity contribution is 7.99. The van der Waals surface area contributed by atoms with Gasteiger partial charge in [-0.25, -0.2) is 0 Å². The van der Waals surface area contributed by atoms with Crippen LogP contribution in [0.1, 0.15) is 30.4 Å². The number of aryl methyl sites for hydroxylation is 2. The van der Waals surface area contributed by atoms with Crippen LogP contribution in [-0.2, 0) is 4.79 Å². The fourth-order valence-corrected chi connectivity index (χ4v) is 3.57. The zero-order valence-corrected chi connectivity index (χ0v) is 14.1. The topological polar surface area (TPSA) is 32.3 Å². The van der Waals surface area contributed by atoms with Gasteiger partial charge in [0.05, 0.1) is 0 Å². The fourth-order valence-electron chi connectivity index (χ4n) is 2.64. The minimum Gasteiger partial charge on any atom is -0.343 e. The Hall–Kier alpha value is -1.00. The maximum atomic E-state index is 12.2. The van der Waals surface area contributed by atoms with Crippen molar-refractivity contribution in [2.45, 2.75) is 44.0 Å². The number of benzene rings is 1. The largest absolute Gasteiger partial charge is 0.343 e. The summed E-state index contributed by atoms with van der Waals surface area (Å²) in [5.74, 6) is 1.17. The van der Waals surface area contributed by atoms with Gasteiger partial charge < -0.3 is 10.2 Å². The number of thioether (sulfide) groups is 1. The standard InChI is InChI=1S/C17H26N2OS/c1-13-4-5-16(12-14(13)2)21-11-8-17(20)19-9-6-15(18-3)7-10-19/h4-5,12,15,18H,6-11H2,1-3H3. The van der Waals surface area contributed by atoms with Crippen molar-refractivity contribution in [1.82, 2.24) is 10.2 Å². The van der Waals surface area contributed by atoms with Gasteiger partial charge in [0.2, 0.25) is 5.91 Å². The van der Waals surface area contributed by atoms with Gasteiger partial charge in [0.1, 0.15) is 0 Å². The van der Waals surface area contributed by atoms with Crippen molar-refractivity contribution >= 4 is 17.7 Å². The SMILES string of the molecule is CNC1CCN(C(=O)CCSc2ccc(C)c(C)c2)CC1. The predicted molar refractivity (Wildman–Crippen MR) is 89.9 cm³/mol. The molecule has 1 N–H and O–H groups in total. The van der Waals surface area contributed by atoms with Gasteiger partial charge in [-0.2, -0.15) is 0 Å². The van der Waals surface area contributed by atoms with Crippen LogP contribution in [0.2, 0.25) is 0 Å². The molecule has 0 bridgehead atoms. The number of carbonyl (C=O) groups is 1. The van der Waals surface area contributed by atoms with Gasteiger partial charge in [0.15, 0.2) is 0 Å². The number of hydrogen-bond acceptors (Lipinski definition) is 3. The van der Waals surface area contributed by atoms with Crippen molar-refractivity contribution in [2.24, 2.45) is 0 Å². The van der Waals surface area contributed by atoms with E-state index >= 15 is 0 Å². The van der Waals surface area contributed by atoms with E-state index < -0.39 is 0 Å². The first-order valence-electron chi connectivity index (χ1n) is 7.75. The van der Waals surface area contributed by atoms with E-state index in [0.717, 1.165) is 31.7 Å². The second kappa shape index (κ2) is 7.85. The molecule has 1 saturated heterocycles. The average molecular weight is 306 g/mol. The van der Waals surface area contributed by atoms with Gasteiger partial charge in [-0.05, 0) is 57.0 Å². The zero-order valence-electron chi connectivity index (χ0n) is 13.3. The maximum Gasteiger partial charge on any atom is 0.223 e. The van der Waals surface area contributed by atoms with E-state index in [4.69, 9.17) is 0 Å². The van der Waals surface area contributed by atoms with Gasteiger partial charge in [0, 0.05) is 36.2 Å². The summed E-state index contributed by atoms with van der Waals surface area (Å²) in [5.41, 5.74) is 2.64. The average Bonchev–Trinajstić information content (AvgIpc) is 2.51. The summed E-state index contributed by atoms with van der Waals surface area (Å²) in [5, 5.41) is 3.30. The van der Waals surface area contributed by atoms with Gasteiger partial charge >= 0.3 is 0 Å². The van der Waals surface area contributed by atoms with Crippen molar-refractivity contribution in [3.8, 4) is 0 Å². The number of carbonyl (C=O) groups excluding carboxylic acids is 1. The molecule has 4 heteroatoms. The Morgan fingerprint density at radius 1 is 1.29 bits per heavy atom. The lowest BCUT2D eigenvalue weighted by Gasteiger charge is -2.31. The summed E-state index contributed by atoms with van der Waals surface area (Å²) >= 11 is 1.78. The Morgan fingerprint density at radius 3 is 2.62 bits per heavy atom. The number of amides is 1. The molecule has 0 radical (unpaired) electrons. The van der Waals surface area contributed by atoms with Gasteiger partial charge in [-0.1, -0.05) is 6.07 Å². The summed E-state index contributed by atoms with van der Waals surface area (Å²) < 4.78 is 0. The molecule has 1 amide bonds. The molecule has 1 aliphatic rings. The molecule has 2 rings (SSSR count). The summed E-state index contributed by atoms with van der Waals surface area (Å²) in [6, 6.07) is 7.10. The molecule has 0 spiro atoms. The van der Waals surface area contributed by atoms with E-state index in [9.17, 15) is 4.79 Å². The fraction of sp³-hybridized carbons (Fsp3) is 0.588. The van der Waals surface area contributed by atoms with E-state index in [0.29, 0.717) is 18.4 Å². The third kappa shape index (κ3) is 4.75. The molecular formula is C17H26N2OS. The summed E-state index contributed by atoms with van der Waals surface area (Å²) in [7, 11) is 2.00. The molecule has 1 aliphatic heterocycles. The van der Waals surface area contributed by atoms with Crippen molar-refractivity contribution in [3.63, 3.8) is 0 Å². The van der Waals surface area contributed by atoms with E-state index in [1.807, 2.05) is 11.9 Å². The normalized spacial score (nSPS) is 16.2. The van der Waals surface area contributed by atoms with Crippen LogP contribution >= 0.6 is 11.8 Å². The molecule has 0 atom stereocenters. The van der Waals surface area contributed by atoms with Crippen LogP contribution in [0.3, 0.4) is 0 Å². The molecule has 0 aliphatic carbocycles. The lowest BCUT2D eigenvalue weighted by Crippen LogP contribution is -2.44. The maximum absolute atomic E-state index is 12.2. The molecule has 1 heterocycles. The Morgan fingerprint density at radius 2 is 2.00 bits per heavy atom. The van der Waals surface area contributed by atoms with Gasteiger partial charge in [-0.15, -0.1) is 11.8 Å². The molecule has 116 valence electrons. The molecular weight excluding hydrogens is 280 g/mol. The first-order valence-corrected chi connectivity index (χ1v) is 8.74. The smallest absolute Gasteiger partial charge is 0.223 e. The quantitative estimate of drug-likeness (QED) is 0.849. The third-order valence-electron chi connectivity index (χ3n) is 4.32. The molecule has 21 heavy (non-hydrogen) atoms. The minimum atomic E-state index is 0.306. The molecule has 1 aromatic rings. The number of piperidine rings is 1. The highest BCUT2D eigenvalue weighted by atomic mass is 32.2. The molecule has 0 unspecified atom stereocenters. The monoisotopic (exact) mass is 306 g/mol. The minimum absolute atomic E-state index is 0.306. The van der Waals surface area contributed by atoms with E-state index in [2.05, 4.69) is 37.4 Å².